The molecule has 2 aliphatic heterocycles. The molecule has 3 heterocycles. The molecule has 1 aromatic heterocycles. The maximum absolute atomic E-state index is 8.73. The van der Waals surface area contributed by atoms with Crippen molar-refractivity contribution in [3.63, 3.8) is 0 Å². The Morgan fingerprint density at radius 1 is 1.09 bits per heavy atom. The van der Waals surface area contributed by atoms with Crippen LogP contribution in [0, 0.1) is 10.8 Å². The van der Waals surface area contributed by atoms with E-state index in [-0.39, 0.29) is 6.04 Å². The molecule has 0 amide bonds. The summed E-state index contributed by atoms with van der Waals surface area (Å²) in [6.07, 6.45) is 8.43. The molecular weight excluding hydrogens is 426 g/mol. The van der Waals surface area contributed by atoms with E-state index in [0.29, 0.717) is 23.5 Å². The Balaban J connectivity index is 1.40. The quantitative estimate of drug-likeness (QED) is 0.443. The highest BCUT2D eigenvalue weighted by molar-refractivity contribution is 6.16. The Morgan fingerprint density at radius 3 is 2.44 bits per heavy atom. The molecule has 1 atom stereocenters. The Hall–Kier alpha value is -3.20. The van der Waals surface area contributed by atoms with Gasteiger partial charge in [0.1, 0.15) is 11.5 Å². The fraction of sp³-hybridized carbons (Fsp3) is 0.520. The summed E-state index contributed by atoms with van der Waals surface area (Å²) in [4.78, 5) is 18.2. The predicted molar refractivity (Wildman–Crippen MR) is 139 cm³/mol. The number of hydrogen-bond acceptors (Lipinski definition) is 8. The van der Waals surface area contributed by atoms with Gasteiger partial charge in [-0.1, -0.05) is 19.8 Å². The lowest BCUT2D eigenvalue weighted by Gasteiger charge is -2.44. The molecule has 1 saturated heterocycles. The molecule has 9 heteroatoms. The smallest absolute Gasteiger partial charge is 0.229 e. The van der Waals surface area contributed by atoms with Gasteiger partial charge in [0.15, 0.2) is 5.82 Å². The summed E-state index contributed by atoms with van der Waals surface area (Å²) in [6.45, 7) is 6.38. The maximum atomic E-state index is 8.73. The van der Waals surface area contributed by atoms with Gasteiger partial charge < -0.3 is 20.0 Å². The first-order valence-corrected chi connectivity index (χ1v) is 12.4. The number of aromatic nitrogens is 2. The summed E-state index contributed by atoms with van der Waals surface area (Å²) >= 11 is 0. The Bertz CT molecular complexity index is 1020. The summed E-state index contributed by atoms with van der Waals surface area (Å²) in [7, 11) is 2.17. The average molecular weight is 462 g/mol. The van der Waals surface area contributed by atoms with Crippen molar-refractivity contribution in [2.24, 2.45) is 0 Å². The topological polar surface area (TPSA) is 98.5 Å². The van der Waals surface area contributed by atoms with Gasteiger partial charge in [-0.3, -0.25) is 15.7 Å². The highest BCUT2D eigenvalue weighted by atomic mass is 15.4. The number of piperazine rings is 1. The summed E-state index contributed by atoms with van der Waals surface area (Å²) in [6, 6.07) is 8.77. The Kier molecular flexibility index (Phi) is 6.36. The summed E-state index contributed by atoms with van der Waals surface area (Å²) < 4.78 is 0. The molecular formula is C25H35N9. The van der Waals surface area contributed by atoms with Gasteiger partial charge in [-0.05, 0) is 50.6 Å². The Morgan fingerprint density at radius 2 is 1.79 bits per heavy atom. The van der Waals surface area contributed by atoms with Gasteiger partial charge in [0.2, 0.25) is 5.95 Å². The number of rotatable bonds is 6. The van der Waals surface area contributed by atoms with E-state index >= 15 is 0 Å². The number of nitrogens with one attached hydrogen (secondary N) is 3. The fourth-order valence-electron chi connectivity index (χ4n) is 5.44. The van der Waals surface area contributed by atoms with E-state index in [1.807, 2.05) is 0 Å². The minimum absolute atomic E-state index is 0.0807. The minimum Gasteiger partial charge on any atom is -0.369 e. The number of nitrogens with zero attached hydrogens (tertiary/aromatic N) is 6. The molecule has 2 fully saturated rings. The summed E-state index contributed by atoms with van der Waals surface area (Å²) in [5, 5.41) is 20.0. The SMILES string of the molecule is CC[C@@H]1C(=N)N(C=N)c2cnc(Nc3ccc(N4CCN(C)CC4)cc3)nc2N1C1CCCC1. The van der Waals surface area contributed by atoms with E-state index in [1.54, 1.807) is 11.1 Å². The van der Waals surface area contributed by atoms with Crippen LogP contribution < -0.4 is 20.0 Å². The van der Waals surface area contributed by atoms with Crippen LogP contribution in [0.3, 0.4) is 0 Å². The van der Waals surface area contributed by atoms with E-state index in [0.717, 1.165) is 56.9 Å². The van der Waals surface area contributed by atoms with Crippen molar-refractivity contribution in [1.29, 1.82) is 10.8 Å². The largest absolute Gasteiger partial charge is 0.369 e. The lowest BCUT2D eigenvalue weighted by Crippen LogP contribution is -2.56. The van der Waals surface area contributed by atoms with Crippen molar-refractivity contribution in [3.05, 3.63) is 30.5 Å². The van der Waals surface area contributed by atoms with Crippen LogP contribution in [-0.2, 0) is 0 Å². The average Bonchev–Trinajstić information content (AvgIpc) is 3.39. The van der Waals surface area contributed by atoms with Gasteiger partial charge in [0.05, 0.1) is 18.6 Å². The van der Waals surface area contributed by atoms with Gasteiger partial charge >= 0.3 is 0 Å². The second kappa shape index (κ2) is 9.58. The molecule has 34 heavy (non-hydrogen) atoms. The highest BCUT2D eigenvalue weighted by Crippen LogP contribution is 2.40. The lowest BCUT2D eigenvalue weighted by molar-refractivity contribution is 0.313. The van der Waals surface area contributed by atoms with Gasteiger partial charge in [0, 0.05) is 43.6 Å². The van der Waals surface area contributed by atoms with Crippen LogP contribution >= 0.6 is 0 Å². The Labute approximate surface area is 201 Å². The molecule has 180 valence electrons. The van der Waals surface area contributed by atoms with Crippen LogP contribution in [0.4, 0.5) is 28.8 Å². The van der Waals surface area contributed by atoms with Crippen LogP contribution in [0.15, 0.2) is 30.5 Å². The summed E-state index contributed by atoms with van der Waals surface area (Å²) in [5.74, 6) is 1.80. The van der Waals surface area contributed by atoms with Crippen molar-refractivity contribution >= 4 is 41.0 Å². The molecule has 1 aliphatic carbocycles. The number of hydrogen-bond donors (Lipinski definition) is 3. The van der Waals surface area contributed by atoms with E-state index in [4.69, 9.17) is 15.8 Å². The third-order valence-corrected chi connectivity index (χ3v) is 7.39. The number of likely N-dealkylation sites (N-methyl/N-ethyl adjacent to an activating group) is 1. The number of anilines is 5. The summed E-state index contributed by atoms with van der Waals surface area (Å²) in [5.41, 5.74) is 2.90. The van der Waals surface area contributed by atoms with Crippen molar-refractivity contribution in [1.82, 2.24) is 14.9 Å². The van der Waals surface area contributed by atoms with E-state index in [1.165, 1.54) is 24.9 Å². The van der Waals surface area contributed by atoms with Crippen LogP contribution in [-0.4, -0.2) is 72.4 Å². The second-order valence-corrected chi connectivity index (χ2v) is 9.52. The fourth-order valence-corrected chi connectivity index (χ4v) is 5.44. The first-order valence-electron chi connectivity index (χ1n) is 12.4. The third-order valence-electron chi connectivity index (χ3n) is 7.39. The molecule has 9 nitrogen and oxygen atoms in total. The van der Waals surface area contributed by atoms with E-state index in [2.05, 4.69) is 63.2 Å². The van der Waals surface area contributed by atoms with Crippen molar-refractivity contribution in [2.45, 2.75) is 51.1 Å². The zero-order chi connectivity index (χ0) is 23.7. The van der Waals surface area contributed by atoms with Gasteiger partial charge in [-0.25, -0.2) is 4.98 Å². The van der Waals surface area contributed by atoms with Crippen LogP contribution in [0.1, 0.15) is 39.0 Å². The third kappa shape index (κ3) is 4.20. The number of fused-ring (bicyclic) bond motifs is 1. The number of benzene rings is 1. The van der Waals surface area contributed by atoms with Gasteiger partial charge in [-0.15, -0.1) is 0 Å². The first kappa shape index (κ1) is 22.6. The molecule has 0 bridgehead atoms. The monoisotopic (exact) mass is 461 g/mol. The maximum Gasteiger partial charge on any atom is 0.229 e. The van der Waals surface area contributed by atoms with Gasteiger partial charge in [0.25, 0.3) is 0 Å². The molecule has 3 aliphatic rings. The molecule has 2 aromatic rings. The molecule has 1 aromatic carbocycles. The second-order valence-electron chi connectivity index (χ2n) is 9.52. The molecule has 0 spiro atoms. The predicted octanol–water partition coefficient (Wildman–Crippen LogP) is 3.90. The van der Waals surface area contributed by atoms with Crippen LogP contribution in [0.5, 0.6) is 0 Å². The van der Waals surface area contributed by atoms with Crippen molar-refractivity contribution < 1.29 is 0 Å². The zero-order valence-electron chi connectivity index (χ0n) is 20.2. The highest BCUT2D eigenvalue weighted by Gasteiger charge is 2.40. The minimum atomic E-state index is -0.0807. The van der Waals surface area contributed by atoms with E-state index < -0.39 is 0 Å². The molecule has 0 radical (unpaired) electrons. The standard InChI is InChI=1S/C25H35N9/c1-3-21-23(27)33(17-26)22-16-28-25(30-24(22)34(21)20-6-4-5-7-20)29-18-8-10-19(11-9-18)32-14-12-31(2)13-15-32/h8-11,16-17,20-21,26-27H,3-7,12-15H2,1-2H3,(H,28,29,30)/t21-/m1/s1. The molecule has 1 saturated carbocycles. The molecule has 0 unspecified atom stereocenters. The molecule has 5 rings (SSSR count). The van der Waals surface area contributed by atoms with Gasteiger partial charge in [-0.2, -0.15) is 4.98 Å². The van der Waals surface area contributed by atoms with Crippen LogP contribution in [0.25, 0.3) is 0 Å². The molecule has 3 N–H and O–H groups in total. The van der Waals surface area contributed by atoms with Crippen LogP contribution in [0.2, 0.25) is 0 Å². The first-order chi connectivity index (χ1) is 16.6. The number of amidine groups is 1. The lowest BCUT2D eigenvalue weighted by atomic mass is 10.0. The normalized spacial score (nSPS) is 21.6. The van der Waals surface area contributed by atoms with E-state index in [9.17, 15) is 0 Å². The van der Waals surface area contributed by atoms with Crippen molar-refractivity contribution in [2.75, 3.05) is 53.2 Å². The van der Waals surface area contributed by atoms with Crippen molar-refractivity contribution in [3.8, 4) is 0 Å². The zero-order valence-corrected chi connectivity index (χ0v) is 20.2.